The van der Waals surface area contributed by atoms with Gasteiger partial charge < -0.3 is 5.32 Å². The summed E-state index contributed by atoms with van der Waals surface area (Å²) in [6.45, 7) is 9.52. The molecule has 3 heteroatoms. The molecule has 1 amide bonds. The monoisotopic (exact) mass is 250 g/mol. The minimum atomic E-state index is 0.264. The topological polar surface area (TPSA) is 32.3 Å². The average Bonchev–Trinajstić information content (AvgIpc) is 2.61. The van der Waals surface area contributed by atoms with Gasteiger partial charge in [0.15, 0.2) is 0 Å². The lowest BCUT2D eigenvalue weighted by atomic mass is 9.69. The molecular weight excluding hydrogens is 224 g/mol. The number of amides is 1. The van der Waals surface area contributed by atoms with Gasteiger partial charge in [-0.25, -0.2) is 0 Å². The van der Waals surface area contributed by atoms with Crippen LogP contribution in [0.15, 0.2) is 0 Å². The smallest absolute Gasteiger partial charge is 0.223 e. The molecule has 18 heavy (non-hydrogen) atoms. The zero-order valence-electron chi connectivity index (χ0n) is 12.2. The van der Waals surface area contributed by atoms with Crippen LogP contribution in [0, 0.1) is 16.7 Å². The van der Waals surface area contributed by atoms with Crippen molar-refractivity contribution in [2.24, 2.45) is 16.7 Å². The standard InChI is InChI=1S/C15H26N2O/c1-13(2,3)15-6-5-7-17(15)10-14(9-15)8-11(14)12(18)16-4/h11H,5-10H2,1-4H3,(H,16,18). The fourth-order valence-corrected chi connectivity index (χ4v) is 4.76. The summed E-state index contributed by atoms with van der Waals surface area (Å²) in [5.41, 5.74) is 0.992. The number of nitrogens with one attached hydrogen (secondary N) is 1. The molecule has 3 rings (SSSR count). The van der Waals surface area contributed by atoms with Crippen LogP contribution < -0.4 is 5.32 Å². The Kier molecular flexibility index (Phi) is 2.42. The van der Waals surface area contributed by atoms with Crippen LogP contribution in [0.4, 0.5) is 0 Å². The molecule has 0 aromatic carbocycles. The Morgan fingerprint density at radius 2 is 2.11 bits per heavy atom. The molecule has 2 heterocycles. The summed E-state index contributed by atoms with van der Waals surface area (Å²) in [6.07, 6.45) is 5.00. The van der Waals surface area contributed by atoms with Crippen LogP contribution in [0.1, 0.15) is 46.5 Å². The number of hydrogen-bond donors (Lipinski definition) is 1. The second kappa shape index (κ2) is 3.50. The van der Waals surface area contributed by atoms with Gasteiger partial charge in [0.25, 0.3) is 0 Å². The van der Waals surface area contributed by atoms with Crippen molar-refractivity contribution in [1.29, 1.82) is 0 Å². The lowest BCUT2D eigenvalue weighted by Gasteiger charge is -2.44. The summed E-state index contributed by atoms with van der Waals surface area (Å²) in [5.74, 6) is 0.549. The lowest BCUT2D eigenvalue weighted by molar-refractivity contribution is -0.122. The predicted octanol–water partition coefficient (Wildman–Crippen LogP) is 2.02. The van der Waals surface area contributed by atoms with Gasteiger partial charge in [0.2, 0.25) is 5.91 Å². The Morgan fingerprint density at radius 1 is 1.39 bits per heavy atom. The van der Waals surface area contributed by atoms with E-state index in [1.54, 1.807) is 7.05 Å². The molecule has 0 radical (unpaired) electrons. The Morgan fingerprint density at radius 3 is 2.67 bits per heavy atom. The number of rotatable bonds is 1. The molecule has 3 atom stereocenters. The summed E-state index contributed by atoms with van der Waals surface area (Å²) in [5, 5.41) is 2.84. The molecule has 2 aliphatic heterocycles. The first-order valence-electron chi connectivity index (χ1n) is 7.31. The first kappa shape index (κ1) is 12.5. The predicted molar refractivity (Wildman–Crippen MR) is 72.2 cm³/mol. The molecule has 1 saturated carbocycles. The molecular formula is C15H26N2O. The maximum atomic E-state index is 11.9. The Labute approximate surface area is 110 Å². The third-order valence-electron chi connectivity index (χ3n) is 5.92. The van der Waals surface area contributed by atoms with Crippen molar-refractivity contribution in [2.75, 3.05) is 20.1 Å². The fourth-order valence-electron chi connectivity index (χ4n) is 4.76. The lowest BCUT2D eigenvalue weighted by Crippen LogP contribution is -2.48. The zero-order valence-corrected chi connectivity index (χ0v) is 12.2. The van der Waals surface area contributed by atoms with E-state index in [2.05, 4.69) is 31.0 Å². The SMILES string of the molecule is CNC(=O)C1CC12CN1CCCC1(C(C)(C)C)C2. The van der Waals surface area contributed by atoms with Crippen LogP contribution in [-0.4, -0.2) is 36.5 Å². The number of carbonyl (C=O) groups excluding carboxylic acids is 1. The molecule has 0 aromatic rings. The molecule has 3 unspecified atom stereocenters. The van der Waals surface area contributed by atoms with E-state index < -0.39 is 0 Å². The Balaban J connectivity index is 1.85. The second-order valence-corrected chi connectivity index (χ2v) is 7.72. The normalized spacial score (nSPS) is 43.2. The molecule has 0 aromatic heterocycles. The summed E-state index contributed by atoms with van der Waals surface area (Å²) in [4.78, 5) is 14.6. The van der Waals surface area contributed by atoms with Gasteiger partial charge in [-0.05, 0) is 43.1 Å². The highest BCUT2D eigenvalue weighted by Crippen LogP contribution is 2.67. The highest BCUT2D eigenvalue weighted by atomic mass is 16.2. The van der Waals surface area contributed by atoms with E-state index in [0.717, 1.165) is 13.0 Å². The molecule has 1 spiro atoms. The van der Waals surface area contributed by atoms with Crippen molar-refractivity contribution in [3.8, 4) is 0 Å². The molecule has 3 aliphatic rings. The highest BCUT2D eigenvalue weighted by molar-refractivity contribution is 5.82. The fraction of sp³-hybridized carbons (Fsp3) is 0.933. The van der Waals surface area contributed by atoms with Crippen LogP contribution in [-0.2, 0) is 4.79 Å². The largest absolute Gasteiger partial charge is 0.359 e. The third-order valence-corrected chi connectivity index (χ3v) is 5.92. The molecule has 2 saturated heterocycles. The second-order valence-electron chi connectivity index (χ2n) is 7.72. The van der Waals surface area contributed by atoms with Gasteiger partial charge in [-0.3, -0.25) is 9.69 Å². The minimum Gasteiger partial charge on any atom is -0.359 e. The maximum absolute atomic E-state index is 11.9. The number of hydrogen-bond acceptors (Lipinski definition) is 2. The van der Waals surface area contributed by atoms with E-state index in [1.807, 2.05) is 0 Å². The van der Waals surface area contributed by atoms with E-state index in [4.69, 9.17) is 0 Å². The van der Waals surface area contributed by atoms with E-state index in [0.29, 0.717) is 16.4 Å². The Bertz CT molecular complexity index is 386. The van der Waals surface area contributed by atoms with Crippen molar-refractivity contribution in [3.05, 3.63) is 0 Å². The minimum absolute atomic E-state index is 0.264. The quantitative estimate of drug-likeness (QED) is 0.772. The van der Waals surface area contributed by atoms with Crippen molar-refractivity contribution >= 4 is 5.91 Å². The number of carbonyl (C=O) groups is 1. The molecule has 102 valence electrons. The van der Waals surface area contributed by atoms with Crippen LogP contribution in [0.5, 0.6) is 0 Å². The first-order chi connectivity index (χ1) is 8.35. The average molecular weight is 250 g/mol. The number of fused-ring (bicyclic) bond motifs is 1. The first-order valence-corrected chi connectivity index (χ1v) is 7.31. The van der Waals surface area contributed by atoms with E-state index in [-0.39, 0.29) is 11.8 Å². The summed E-state index contributed by atoms with van der Waals surface area (Å²) in [6, 6.07) is 0. The summed E-state index contributed by atoms with van der Waals surface area (Å²) in [7, 11) is 1.77. The van der Waals surface area contributed by atoms with Crippen LogP contribution >= 0.6 is 0 Å². The van der Waals surface area contributed by atoms with Gasteiger partial charge in [0.1, 0.15) is 0 Å². The van der Waals surface area contributed by atoms with Gasteiger partial charge in [0.05, 0.1) is 0 Å². The van der Waals surface area contributed by atoms with Crippen molar-refractivity contribution < 1.29 is 4.79 Å². The van der Waals surface area contributed by atoms with Crippen molar-refractivity contribution in [1.82, 2.24) is 10.2 Å². The molecule has 1 aliphatic carbocycles. The summed E-state index contributed by atoms with van der Waals surface area (Å²) < 4.78 is 0. The molecule has 1 N–H and O–H groups in total. The number of nitrogens with zero attached hydrogens (tertiary/aromatic N) is 1. The third kappa shape index (κ3) is 1.43. The van der Waals surface area contributed by atoms with E-state index in [9.17, 15) is 4.79 Å². The van der Waals surface area contributed by atoms with Gasteiger partial charge >= 0.3 is 0 Å². The van der Waals surface area contributed by atoms with Gasteiger partial charge in [-0.15, -0.1) is 0 Å². The van der Waals surface area contributed by atoms with Gasteiger partial charge in [0, 0.05) is 25.0 Å². The van der Waals surface area contributed by atoms with E-state index >= 15 is 0 Å². The molecule has 0 bridgehead atoms. The maximum Gasteiger partial charge on any atom is 0.223 e. The molecule has 3 fully saturated rings. The van der Waals surface area contributed by atoms with Crippen molar-refractivity contribution in [2.45, 2.75) is 52.0 Å². The van der Waals surface area contributed by atoms with Gasteiger partial charge in [-0.2, -0.15) is 0 Å². The van der Waals surface area contributed by atoms with Crippen LogP contribution in [0.2, 0.25) is 0 Å². The van der Waals surface area contributed by atoms with E-state index in [1.165, 1.54) is 25.8 Å². The van der Waals surface area contributed by atoms with Gasteiger partial charge in [-0.1, -0.05) is 20.8 Å². The summed E-state index contributed by atoms with van der Waals surface area (Å²) >= 11 is 0. The zero-order chi connectivity index (χ0) is 13.2. The van der Waals surface area contributed by atoms with Crippen molar-refractivity contribution in [3.63, 3.8) is 0 Å². The highest BCUT2D eigenvalue weighted by Gasteiger charge is 2.69. The van der Waals surface area contributed by atoms with Crippen LogP contribution in [0.3, 0.4) is 0 Å². The molecule has 3 nitrogen and oxygen atoms in total. The Hall–Kier alpha value is -0.570. The van der Waals surface area contributed by atoms with Crippen LogP contribution in [0.25, 0.3) is 0 Å².